The Morgan fingerprint density at radius 3 is 2.70 bits per heavy atom. The number of rotatable bonds is 3. The van der Waals surface area contributed by atoms with Crippen LogP contribution in [0.5, 0.6) is 17.4 Å². The lowest BCUT2D eigenvalue weighted by Gasteiger charge is -2.34. The second-order valence-electron chi connectivity index (χ2n) is 7.05. The van der Waals surface area contributed by atoms with Gasteiger partial charge in [-0.05, 0) is 17.7 Å². The van der Waals surface area contributed by atoms with Gasteiger partial charge in [0.2, 0.25) is 12.7 Å². The highest BCUT2D eigenvalue weighted by Gasteiger charge is 2.26. The number of piperazine rings is 1. The maximum absolute atomic E-state index is 12.8. The third-order valence-electron chi connectivity index (χ3n) is 5.23. The normalized spacial score (nSPS) is 18.9. The molecular formula is C19H22N4O4. The van der Waals surface area contributed by atoms with Crippen LogP contribution in [-0.2, 0) is 13.1 Å². The highest BCUT2D eigenvalue weighted by molar-refractivity contribution is 5.92. The SMILES string of the molecule is O=C(c1cc2n(n1)CCCO2)N1CCN(Cc2ccc3c(c2)OCO3)CC1. The highest BCUT2D eigenvalue weighted by Crippen LogP contribution is 2.32. The minimum atomic E-state index is -0.0109. The van der Waals surface area contributed by atoms with Gasteiger partial charge in [0.05, 0.1) is 6.61 Å². The van der Waals surface area contributed by atoms with Crippen molar-refractivity contribution in [1.29, 1.82) is 0 Å². The zero-order valence-corrected chi connectivity index (χ0v) is 15.1. The lowest BCUT2D eigenvalue weighted by Crippen LogP contribution is -2.48. The van der Waals surface area contributed by atoms with E-state index in [1.807, 2.05) is 17.0 Å². The Hall–Kier alpha value is -2.74. The van der Waals surface area contributed by atoms with Gasteiger partial charge in [0.25, 0.3) is 5.91 Å². The Morgan fingerprint density at radius 2 is 1.85 bits per heavy atom. The summed E-state index contributed by atoms with van der Waals surface area (Å²) >= 11 is 0. The van der Waals surface area contributed by atoms with E-state index in [9.17, 15) is 4.79 Å². The van der Waals surface area contributed by atoms with Crippen LogP contribution in [-0.4, -0.2) is 65.1 Å². The maximum Gasteiger partial charge on any atom is 0.274 e. The molecule has 142 valence electrons. The molecule has 1 saturated heterocycles. The van der Waals surface area contributed by atoms with E-state index in [0.29, 0.717) is 38.1 Å². The summed E-state index contributed by atoms with van der Waals surface area (Å²) in [6.07, 6.45) is 0.931. The maximum atomic E-state index is 12.8. The van der Waals surface area contributed by atoms with Gasteiger partial charge in [0.15, 0.2) is 17.2 Å². The zero-order chi connectivity index (χ0) is 18.2. The number of carbonyl (C=O) groups excluding carboxylic acids is 1. The van der Waals surface area contributed by atoms with E-state index in [-0.39, 0.29) is 5.91 Å². The third-order valence-corrected chi connectivity index (χ3v) is 5.23. The van der Waals surface area contributed by atoms with Crippen molar-refractivity contribution < 1.29 is 19.0 Å². The number of carbonyl (C=O) groups is 1. The first-order chi connectivity index (χ1) is 13.3. The van der Waals surface area contributed by atoms with Crippen LogP contribution >= 0.6 is 0 Å². The predicted octanol–water partition coefficient (Wildman–Crippen LogP) is 1.35. The molecule has 0 bridgehead atoms. The Bertz CT molecular complexity index is 834. The molecule has 0 N–H and O–H groups in total. The summed E-state index contributed by atoms with van der Waals surface area (Å²) < 4.78 is 18.2. The van der Waals surface area contributed by atoms with E-state index in [0.717, 1.165) is 44.1 Å². The van der Waals surface area contributed by atoms with Crippen molar-refractivity contribution >= 4 is 5.91 Å². The molecule has 8 nitrogen and oxygen atoms in total. The zero-order valence-electron chi connectivity index (χ0n) is 15.1. The van der Waals surface area contributed by atoms with Crippen molar-refractivity contribution in [2.24, 2.45) is 0 Å². The molecule has 1 amide bonds. The van der Waals surface area contributed by atoms with Gasteiger partial charge in [-0.15, -0.1) is 0 Å². The minimum absolute atomic E-state index is 0.0109. The third kappa shape index (κ3) is 3.21. The number of nitrogens with zero attached hydrogens (tertiary/aromatic N) is 4. The number of fused-ring (bicyclic) bond motifs is 2. The summed E-state index contributed by atoms with van der Waals surface area (Å²) in [5.74, 6) is 2.31. The lowest BCUT2D eigenvalue weighted by atomic mass is 10.1. The van der Waals surface area contributed by atoms with E-state index in [4.69, 9.17) is 14.2 Å². The number of hydrogen-bond donors (Lipinski definition) is 0. The largest absolute Gasteiger partial charge is 0.478 e. The number of benzene rings is 1. The first-order valence-corrected chi connectivity index (χ1v) is 9.37. The summed E-state index contributed by atoms with van der Waals surface area (Å²) in [6.45, 7) is 5.71. The fourth-order valence-electron chi connectivity index (χ4n) is 3.74. The number of ether oxygens (including phenoxy) is 3. The van der Waals surface area contributed by atoms with Gasteiger partial charge < -0.3 is 19.1 Å². The van der Waals surface area contributed by atoms with Crippen LogP contribution in [0.25, 0.3) is 0 Å². The van der Waals surface area contributed by atoms with Gasteiger partial charge in [-0.25, -0.2) is 4.68 Å². The van der Waals surface area contributed by atoms with Crippen molar-refractivity contribution in [3.8, 4) is 17.4 Å². The second kappa shape index (κ2) is 6.77. The van der Waals surface area contributed by atoms with Crippen molar-refractivity contribution in [1.82, 2.24) is 19.6 Å². The standard InChI is InChI=1S/C19H22N4O4/c24-19(15-11-18-23(20-15)4-1-9-25-18)22-7-5-21(6-8-22)12-14-2-3-16-17(10-14)27-13-26-16/h2-3,10-11H,1,4-9,12-13H2. The molecule has 3 aliphatic heterocycles. The number of aryl methyl sites for hydroxylation is 1. The molecule has 3 aliphatic rings. The Morgan fingerprint density at radius 1 is 1.00 bits per heavy atom. The van der Waals surface area contributed by atoms with Gasteiger partial charge in [0, 0.05) is 51.8 Å². The molecule has 2 aromatic rings. The molecule has 0 atom stereocenters. The average Bonchev–Trinajstić information content (AvgIpc) is 3.34. The highest BCUT2D eigenvalue weighted by atomic mass is 16.7. The van der Waals surface area contributed by atoms with E-state index in [1.54, 1.807) is 10.7 Å². The summed E-state index contributed by atoms with van der Waals surface area (Å²) in [5, 5.41) is 4.41. The van der Waals surface area contributed by atoms with Crippen LogP contribution < -0.4 is 14.2 Å². The van der Waals surface area contributed by atoms with E-state index in [1.165, 1.54) is 5.56 Å². The molecule has 0 saturated carbocycles. The van der Waals surface area contributed by atoms with E-state index < -0.39 is 0 Å². The fraction of sp³-hybridized carbons (Fsp3) is 0.474. The molecule has 0 aliphatic carbocycles. The molecular weight excluding hydrogens is 348 g/mol. The first-order valence-electron chi connectivity index (χ1n) is 9.37. The minimum Gasteiger partial charge on any atom is -0.478 e. The van der Waals surface area contributed by atoms with Crippen LogP contribution in [0.1, 0.15) is 22.5 Å². The molecule has 27 heavy (non-hydrogen) atoms. The topological polar surface area (TPSA) is 69.1 Å². The van der Waals surface area contributed by atoms with Crippen molar-refractivity contribution in [2.45, 2.75) is 19.5 Å². The Labute approximate surface area is 157 Å². The smallest absolute Gasteiger partial charge is 0.274 e. The van der Waals surface area contributed by atoms with Crippen molar-refractivity contribution in [3.63, 3.8) is 0 Å². The van der Waals surface area contributed by atoms with E-state index in [2.05, 4.69) is 16.1 Å². The summed E-state index contributed by atoms with van der Waals surface area (Å²) in [7, 11) is 0. The molecule has 1 fully saturated rings. The van der Waals surface area contributed by atoms with Crippen LogP contribution in [0.2, 0.25) is 0 Å². The van der Waals surface area contributed by atoms with Gasteiger partial charge >= 0.3 is 0 Å². The van der Waals surface area contributed by atoms with Crippen molar-refractivity contribution in [2.75, 3.05) is 39.6 Å². The Kier molecular flexibility index (Phi) is 4.12. The number of aromatic nitrogens is 2. The van der Waals surface area contributed by atoms with Crippen LogP contribution in [0.15, 0.2) is 24.3 Å². The van der Waals surface area contributed by atoms with Gasteiger partial charge in [-0.1, -0.05) is 6.07 Å². The molecule has 4 heterocycles. The number of hydrogen-bond acceptors (Lipinski definition) is 6. The molecule has 5 rings (SSSR count). The molecule has 1 aromatic heterocycles. The quantitative estimate of drug-likeness (QED) is 0.813. The monoisotopic (exact) mass is 370 g/mol. The van der Waals surface area contributed by atoms with Crippen LogP contribution in [0.3, 0.4) is 0 Å². The summed E-state index contributed by atoms with van der Waals surface area (Å²) in [6, 6.07) is 7.83. The van der Waals surface area contributed by atoms with E-state index >= 15 is 0 Å². The first kappa shape index (κ1) is 16.4. The fourth-order valence-corrected chi connectivity index (χ4v) is 3.74. The molecule has 0 radical (unpaired) electrons. The van der Waals surface area contributed by atoms with Gasteiger partial charge in [-0.2, -0.15) is 5.10 Å². The van der Waals surface area contributed by atoms with Crippen molar-refractivity contribution in [3.05, 3.63) is 35.5 Å². The molecule has 8 heteroatoms. The number of amides is 1. The average molecular weight is 370 g/mol. The molecule has 0 unspecified atom stereocenters. The second-order valence-corrected chi connectivity index (χ2v) is 7.05. The van der Waals surface area contributed by atoms with Gasteiger partial charge in [-0.3, -0.25) is 9.69 Å². The lowest BCUT2D eigenvalue weighted by molar-refractivity contribution is 0.0621. The Balaban J connectivity index is 1.19. The van der Waals surface area contributed by atoms with Gasteiger partial charge in [0.1, 0.15) is 0 Å². The molecule has 0 spiro atoms. The molecule has 1 aromatic carbocycles. The summed E-state index contributed by atoms with van der Waals surface area (Å²) in [5.41, 5.74) is 1.68. The summed E-state index contributed by atoms with van der Waals surface area (Å²) in [4.78, 5) is 17.0. The van der Waals surface area contributed by atoms with Crippen LogP contribution in [0, 0.1) is 0 Å². The van der Waals surface area contributed by atoms with Crippen LogP contribution in [0.4, 0.5) is 0 Å². The predicted molar refractivity (Wildman–Crippen MR) is 96.1 cm³/mol.